The lowest BCUT2D eigenvalue weighted by Gasteiger charge is -2.22. The van der Waals surface area contributed by atoms with Crippen LogP contribution in [0, 0.1) is 5.82 Å². The van der Waals surface area contributed by atoms with Gasteiger partial charge < -0.3 is 15.4 Å². The quantitative estimate of drug-likeness (QED) is 0.483. The van der Waals surface area contributed by atoms with Gasteiger partial charge in [-0.3, -0.25) is 9.78 Å². The maximum atomic E-state index is 13.7. The molecule has 2 aromatic carbocycles. The number of carbonyl (C=O) groups excluding carboxylic acids is 1. The van der Waals surface area contributed by atoms with Crippen LogP contribution in [0.3, 0.4) is 0 Å². The van der Waals surface area contributed by atoms with Crippen LogP contribution >= 0.6 is 0 Å². The molecule has 0 radical (unpaired) electrons. The molecule has 0 atom stereocenters. The number of ether oxygens (including phenoxy) is 1. The van der Waals surface area contributed by atoms with Crippen molar-refractivity contribution in [3.8, 4) is 16.9 Å². The minimum atomic E-state index is -4.90. The molecule has 0 bridgehead atoms. The van der Waals surface area contributed by atoms with Gasteiger partial charge in [-0.25, -0.2) is 12.8 Å². The number of aromatic nitrogens is 1. The number of sulfone groups is 1. The van der Waals surface area contributed by atoms with E-state index in [1.54, 1.807) is 0 Å². The highest BCUT2D eigenvalue weighted by molar-refractivity contribution is 7.91. The average Bonchev–Trinajstić information content (AvgIpc) is 2.82. The molecule has 1 amide bonds. The Balaban J connectivity index is 2.14. The zero-order valence-electron chi connectivity index (χ0n) is 18.6. The summed E-state index contributed by atoms with van der Waals surface area (Å²) in [5, 5.41) is 0. The van der Waals surface area contributed by atoms with Crippen molar-refractivity contribution in [3.63, 3.8) is 0 Å². The normalized spacial score (nSPS) is 11.9. The fourth-order valence-electron chi connectivity index (χ4n) is 3.41. The van der Waals surface area contributed by atoms with Gasteiger partial charge in [0.05, 0.1) is 35.2 Å². The summed E-state index contributed by atoms with van der Waals surface area (Å²) in [6, 6.07) is 7.21. The molecule has 3 rings (SSSR count). The van der Waals surface area contributed by atoms with Crippen LogP contribution in [0.1, 0.15) is 15.9 Å². The third-order valence-electron chi connectivity index (χ3n) is 5.15. The Morgan fingerprint density at radius 2 is 1.83 bits per heavy atom. The van der Waals surface area contributed by atoms with E-state index < -0.39 is 49.5 Å². The van der Waals surface area contributed by atoms with E-state index >= 15 is 0 Å². The largest absolute Gasteiger partial charge is 0.496 e. The second-order valence-corrected chi connectivity index (χ2v) is 9.56. The molecule has 186 valence electrons. The lowest BCUT2D eigenvalue weighted by atomic mass is 10.0. The topological polar surface area (TPSA) is 103 Å². The Kier molecular flexibility index (Phi) is 7.46. The Morgan fingerprint density at radius 1 is 1.11 bits per heavy atom. The van der Waals surface area contributed by atoms with Crippen molar-refractivity contribution in [3.05, 3.63) is 71.8 Å². The number of pyridine rings is 1. The number of halogens is 4. The van der Waals surface area contributed by atoms with Crippen LogP contribution in [0.5, 0.6) is 5.75 Å². The van der Waals surface area contributed by atoms with Crippen LogP contribution in [0.2, 0.25) is 0 Å². The van der Waals surface area contributed by atoms with Crippen molar-refractivity contribution in [1.82, 2.24) is 4.98 Å². The minimum absolute atomic E-state index is 0.160. The summed E-state index contributed by atoms with van der Waals surface area (Å²) in [5.41, 5.74) is 4.45. The number of nitrogens with two attached hydrogens (primary N) is 1. The molecule has 0 spiro atoms. The van der Waals surface area contributed by atoms with E-state index in [0.717, 1.165) is 17.0 Å². The summed E-state index contributed by atoms with van der Waals surface area (Å²) in [4.78, 5) is 17.6. The van der Waals surface area contributed by atoms with Crippen molar-refractivity contribution in [2.24, 2.45) is 5.73 Å². The van der Waals surface area contributed by atoms with Crippen molar-refractivity contribution >= 4 is 21.4 Å². The molecule has 3 aromatic rings. The standard InChI is InChI=1S/C23H21F4N3O4S/c1-30(20-13-29-7-5-18(20)19-4-3-16(24)12-21(19)34-2)22(31)14-9-15(23(25,26)27)11-17(10-14)35(32,33)8-6-28/h3-5,7,9-13H,6,8,28H2,1-2H3. The molecule has 1 aromatic heterocycles. The van der Waals surface area contributed by atoms with E-state index in [2.05, 4.69) is 4.98 Å². The molecular formula is C23H21F4N3O4S. The van der Waals surface area contributed by atoms with Crippen LogP contribution in [-0.2, 0) is 16.0 Å². The fourth-order valence-corrected chi connectivity index (χ4v) is 4.57. The molecule has 0 aliphatic heterocycles. The van der Waals surface area contributed by atoms with Crippen molar-refractivity contribution in [2.45, 2.75) is 11.1 Å². The van der Waals surface area contributed by atoms with Gasteiger partial charge >= 0.3 is 6.18 Å². The number of anilines is 1. The van der Waals surface area contributed by atoms with E-state index in [4.69, 9.17) is 10.5 Å². The lowest BCUT2D eigenvalue weighted by Crippen LogP contribution is -2.28. The van der Waals surface area contributed by atoms with Crippen LogP contribution in [0.25, 0.3) is 11.1 Å². The van der Waals surface area contributed by atoms with E-state index in [1.807, 2.05) is 0 Å². The van der Waals surface area contributed by atoms with E-state index in [9.17, 15) is 30.8 Å². The van der Waals surface area contributed by atoms with Gasteiger partial charge in [-0.1, -0.05) is 0 Å². The summed E-state index contributed by atoms with van der Waals surface area (Å²) >= 11 is 0. The van der Waals surface area contributed by atoms with Gasteiger partial charge in [0.15, 0.2) is 9.84 Å². The summed E-state index contributed by atoms with van der Waals surface area (Å²) in [5.74, 6) is -1.90. The summed E-state index contributed by atoms with van der Waals surface area (Å²) in [6.07, 6.45) is -2.18. The number of amides is 1. The number of hydrogen-bond donors (Lipinski definition) is 1. The summed E-state index contributed by atoms with van der Waals surface area (Å²) in [7, 11) is -1.53. The third-order valence-corrected chi connectivity index (χ3v) is 6.87. The maximum Gasteiger partial charge on any atom is 0.416 e. The van der Waals surface area contributed by atoms with E-state index in [-0.39, 0.29) is 18.0 Å². The Labute approximate surface area is 199 Å². The van der Waals surface area contributed by atoms with Gasteiger partial charge in [0, 0.05) is 42.5 Å². The second-order valence-electron chi connectivity index (χ2n) is 7.45. The van der Waals surface area contributed by atoms with Crippen LogP contribution < -0.4 is 15.4 Å². The number of carbonyl (C=O) groups is 1. The van der Waals surface area contributed by atoms with Crippen molar-refractivity contribution in [1.29, 1.82) is 0 Å². The highest BCUT2D eigenvalue weighted by atomic mass is 32.2. The predicted molar refractivity (Wildman–Crippen MR) is 121 cm³/mol. The van der Waals surface area contributed by atoms with Crippen molar-refractivity contribution < 1.29 is 35.5 Å². The maximum absolute atomic E-state index is 13.7. The van der Waals surface area contributed by atoms with Gasteiger partial charge in [-0.2, -0.15) is 13.2 Å². The molecule has 0 saturated heterocycles. The third kappa shape index (κ3) is 5.60. The minimum Gasteiger partial charge on any atom is -0.496 e. The predicted octanol–water partition coefficient (Wildman–Crippen LogP) is 3.92. The molecule has 0 fully saturated rings. The molecule has 1 heterocycles. The van der Waals surface area contributed by atoms with Crippen molar-refractivity contribution in [2.75, 3.05) is 31.4 Å². The molecule has 2 N–H and O–H groups in total. The molecule has 0 aliphatic rings. The van der Waals surface area contributed by atoms with Crippen LogP contribution in [-0.4, -0.2) is 45.8 Å². The van der Waals surface area contributed by atoms with Crippen LogP contribution in [0.4, 0.5) is 23.2 Å². The number of methoxy groups -OCH3 is 1. The number of nitrogens with zero attached hydrogens (tertiary/aromatic N) is 2. The first-order valence-corrected chi connectivity index (χ1v) is 11.8. The molecule has 7 nitrogen and oxygen atoms in total. The Hall–Kier alpha value is -3.51. The summed E-state index contributed by atoms with van der Waals surface area (Å²) < 4.78 is 84.3. The zero-order valence-corrected chi connectivity index (χ0v) is 19.5. The number of alkyl halides is 3. The highest BCUT2D eigenvalue weighted by Crippen LogP contribution is 2.37. The van der Waals surface area contributed by atoms with Crippen LogP contribution in [0.15, 0.2) is 59.8 Å². The molecule has 0 saturated carbocycles. The number of benzene rings is 2. The first-order chi connectivity index (χ1) is 16.4. The molecule has 0 aliphatic carbocycles. The number of hydrogen-bond acceptors (Lipinski definition) is 6. The van der Waals surface area contributed by atoms with Gasteiger partial charge in [0.2, 0.25) is 0 Å². The van der Waals surface area contributed by atoms with E-state index in [1.165, 1.54) is 44.8 Å². The van der Waals surface area contributed by atoms with Gasteiger partial charge in [-0.15, -0.1) is 0 Å². The Morgan fingerprint density at radius 3 is 2.46 bits per heavy atom. The average molecular weight is 511 g/mol. The van der Waals surface area contributed by atoms with Gasteiger partial charge in [0.1, 0.15) is 11.6 Å². The summed E-state index contributed by atoms with van der Waals surface area (Å²) in [6.45, 7) is -0.305. The fraction of sp³-hybridized carbons (Fsp3) is 0.217. The number of rotatable bonds is 7. The monoisotopic (exact) mass is 511 g/mol. The first kappa shape index (κ1) is 26.1. The van der Waals surface area contributed by atoms with E-state index in [0.29, 0.717) is 23.3 Å². The SMILES string of the molecule is COc1cc(F)ccc1-c1ccncc1N(C)C(=O)c1cc(C(F)(F)F)cc(S(=O)(=O)CCN)c1. The van der Waals surface area contributed by atoms with Gasteiger partial charge in [-0.05, 0) is 36.4 Å². The Bertz CT molecular complexity index is 1360. The molecule has 35 heavy (non-hydrogen) atoms. The first-order valence-electron chi connectivity index (χ1n) is 10.1. The van der Waals surface area contributed by atoms with Gasteiger partial charge in [0.25, 0.3) is 5.91 Å². The molecular weight excluding hydrogens is 490 g/mol. The lowest BCUT2D eigenvalue weighted by molar-refractivity contribution is -0.137. The highest BCUT2D eigenvalue weighted by Gasteiger charge is 2.34. The smallest absolute Gasteiger partial charge is 0.416 e. The zero-order chi connectivity index (χ0) is 26.0. The molecule has 12 heteroatoms. The second kappa shape index (κ2) is 10.0. The molecule has 0 unspecified atom stereocenters.